The number of hydrogen-bond donors (Lipinski definition) is 9. The lowest BCUT2D eigenvalue weighted by Gasteiger charge is -2.21. The van der Waals surface area contributed by atoms with E-state index in [9.17, 15) is 52.7 Å². The lowest BCUT2D eigenvalue weighted by molar-refractivity contribution is -0.147. The zero-order chi connectivity index (χ0) is 53.7. The second-order valence-corrected chi connectivity index (χ2v) is 19.4. The van der Waals surface area contributed by atoms with Crippen LogP contribution in [0.3, 0.4) is 0 Å². The first-order valence-corrected chi connectivity index (χ1v) is 22.9. The third kappa shape index (κ3) is 25.2. The molecule has 27 heteroatoms. The number of amides is 10. The normalized spacial score (nSPS) is 21.7. The summed E-state index contributed by atoms with van der Waals surface area (Å²) in [5.41, 5.74) is 18.8. The maximum absolute atomic E-state index is 12.0. The summed E-state index contributed by atoms with van der Waals surface area (Å²) in [4.78, 5) is 127. The van der Waals surface area contributed by atoms with E-state index in [1.165, 1.54) is 14.7 Å². The summed E-state index contributed by atoms with van der Waals surface area (Å²) in [6.45, 7) is 20.3. The van der Waals surface area contributed by atoms with Gasteiger partial charge in [0.25, 0.3) is 0 Å². The van der Waals surface area contributed by atoms with Gasteiger partial charge in [-0.3, -0.25) is 38.4 Å². The van der Waals surface area contributed by atoms with Crippen LogP contribution in [-0.4, -0.2) is 186 Å². The average molecular weight is 1000 g/mol. The standard InChI is InChI=1S/C13H22N2O5.C11H19N3O4.C9H16N2O3.C6H11N3O2.C4H8N2O/c1-5-19-10(16)8-15-7-6-9(11(15)17)14-12(18)20-13(2,3)4;1-11(2,3)18-10(17)13-7-4-5-14(9(7)16)6-8(12)15;1-9(2,3)14-8(13)11-6-4-5-10-7(6)12;7-4-1-2-9(6(4)11)3-5(8)10;5-3-1-2-6-4(3)7/h9H,5-8H2,1-4H3,(H,14,18);7H,4-6H2,1-3H3,(H2,12,15)(H,13,17);6H,4-5H2,1-3H3,(H,10,12)(H,11,13);4H,1-3,7H2,(H2,8,10);3H,1-2,5H2,(H,6,7)/t9-;7-;6-;4-;3-/m00000/s1. The van der Waals surface area contributed by atoms with Gasteiger partial charge in [0.1, 0.15) is 41.5 Å². The smallest absolute Gasteiger partial charge is 0.408 e. The molecule has 0 bridgehead atoms. The van der Waals surface area contributed by atoms with Crippen molar-refractivity contribution in [3.8, 4) is 0 Å². The number of hydrogen-bond acceptors (Lipinski definition) is 17. The number of ether oxygens (including phenoxy) is 4. The van der Waals surface area contributed by atoms with E-state index in [0.717, 1.165) is 13.0 Å². The molecule has 0 aromatic heterocycles. The molecule has 70 heavy (non-hydrogen) atoms. The Kier molecular flexibility index (Phi) is 24.8. The highest BCUT2D eigenvalue weighted by Gasteiger charge is 2.36. The maximum atomic E-state index is 12.0. The molecule has 5 aliphatic heterocycles. The van der Waals surface area contributed by atoms with Crippen molar-refractivity contribution in [3.05, 3.63) is 0 Å². The van der Waals surface area contributed by atoms with Crippen molar-refractivity contribution in [3.63, 3.8) is 0 Å². The molecule has 10 amide bonds. The van der Waals surface area contributed by atoms with E-state index in [2.05, 4.69) is 26.6 Å². The van der Waals surface area contributed by atoms with E-state index in [0.29, 0.717) is 51.9 Å². The van der Waals surface area contributed by atoms with Gasteiger partial charge in [0.15, 0.2) is 0 Å². The Labute approximate surface area is 408 Å². The number of nitrogens with one attached hydrogen (secondary N) is 5. The van der Waals surface area contributed by atoms with Gasteiger partial charge in [-0.2, -0.15) is 0 Å². The highest BCUT2D eigenvalue weighted by molar-refractivity contribution is 5.92. The van der Waals surface area contributed by atoms with Gasteiger partial charge in [-0.1, -0.05) is 0 Å². The van der Waals surface area contributed by atoms with Crippen molar-refractivity contribution in [1.82, 2.24) is 41.3 Å². The molecule has 27 nitrogen and oxygen atoms in total. The molecule has 5 heterocycles. The van der Waals surface area contributed by atoms with E-state index >= 15 is 0 Å². The van der Waals surface area contributed by atoms with E-state index < -0.39 is 77.0 Å². The second-order valence-electron chi connectivity index (χ2n) is 19.4. The van der Waals surface area contributed by atoms with Gasteiger partial charge in [-0.25, -0.2) is 14.4 Å². The molecule has 5 aliphatic rings. The molecule has 0 saturated carbocycles. The highest BCUT2D eigenvalue weighted by atomic mass is 16.6. The lowest BCUT2D eigenvalue weighted by Crippen LogP contribution is -2.45. The first-order chi connectivity index (χ1) is 32.2. The molecule has 0 unspecified atom stereocenters. The fourth-order valence-corrected chi connectivity index (χ4v) is 6.41. The number of esters is 1. The molecule has 0 radical (unpaired) electrons. The van der Waals surface area contributed by atoms with Crippen molar-refractivity contribution in [2.24, 2.45) is 22.9 Å². The van der Waals surface area contributed by atoms with Crippen LogP contribution in [0.4, 0.5) is 14.4 Å². The minimum atomic E-state index is -0.640. The molecule has 13 N–H and O–H groups in total. The first-order valence-electron chi connectivity index (χ1n) is 22.9. The van der Waals surface area contributed by atoms with Crippen LogP contribution < -0.4 is 49.5 Å². The summed E-state index contributed by atoms with van der Waals surface area (Å²) < 4.78 is 19.9. The number of carbonyl (C=O) groups is 11. The zero-order valence-electron chi connectivity index (χ0n) is 42.1. The predicted octanol–water partition coefficient (Wildman–Crippen LogP) is -2.46. The van der Waals surface area contributed by atoms with Crippen LogP contribution in [0.5, 0.6) is 0 Å². The number of primary amides is 2. The summed E-state index contributed by atoms with van der Waals surface area (Å²) >= 11 is 0. The molecular formula is C43H76N12O15. The molecule has 0 spiro atoms. The number of nitrogens with two attached hydrogens (primary N) is 4. The molecular weight excluding hydrogens is 925 g/mol. The van der Waals surface area contributed by atoms with E-state index in [1.54, 1.807) is 69.2 Å². The van der Waals surface area contributed by atoms with Crippen molar-refractivity contribution >= 4 is 65.6 Å². The van der Waals surface area contributed by atoms with Crippen LogP contribution in [-0.2, 0) is 57.3 Å². The molecule has 0 aromatic carbocycles. The fraction of sp³-hybridized carbons (Fsp3) is 0.744. The Morgan fingerprint density at radius 1 is 0.529 bits per heavy atom. The van der Waals surface area contributed by atoms with E-state index in [4.69, 9.17) is 41.9 Å². The summed E-state index contributed by atoms with van der Waals surface area (Å²) in [5, 5.41) is 12.7. The molecule has 5 atom stereocenters. The zero-order valence-corrected chi connectivity index (χ0v) is 42.1. The maximum Gasteiger partial charge on any atom is 0.408 e. The molecule has 5 saturated heterocycles. The Balaban J connectivity index is 0.000000453. The van der Waals surface area contributed by atoms with Crippen LogP contribution in [0.25, 0.3) is 0 Å². The average Bonchev–Trinajstić information content (AvgIpc) is 4.02. The third-order valence-corrected chi connectivity index (χ3v) is 9.47. The monoisotopic (exact) mass is 1000 g/mol. The minimum absolute atomic E-state index is 0.00741. The van der Waals surface area contributed by atoms with Gasteiger partial charge in [0, 0.05) is 32.7 Å². The van der Waals surface area contributed by atoms with Crippen molar-refractivity contribution in [2.75, 3.05) is 59.0 Å². The van der Waals surface area contributed by atoms with Gasteiger partial charge in [-0.05, 0) is 101 Å². The van der Waals surface area contributed by atoms with Crippen molar-refractivity contribution < 1.29 is 71.7 Å². The van der Waals surface area contributed by atoms with Crippen LogP contribution >= 0.6 is 0 Å². The highest BCUT2D eigenvalue weighted by Crippen LogP contribution is 2.15. The van der Waals surface area contributed by atoms with Crippen LogP contribution in [0.2, 0.25) is 0 Å². The SMILES string of the molecule is CC(C)(C)OC(=O)N[C@H]1CCN(CC(N)=O)C1=O.CC(C)(C)OC(=O)N[C@H]1CCNC1=O.CCOC(=O)CN1CC[C@H](NC(=O)OC(C)(C)C)C1=O.NC(=O)CN1CC[C@H](N)C1=O.N[C@H]1CCNC1=O. The first kappa shape index (κ1) is 61.5. The number of likely N-dealkylation sites (tertiary alicyclic amines) is 3. The van der Waals surface area contributed by atoms with Crippen LogP contribution in [0.15, 0.2) is 0 Å². The van der Waals surface area contributed by atoms with E-state index in [1.807, 2.05) is 0 Å². The summed E-state index contributed by atoms with van der Waals surface area (Å²) in [7, 11) is 0. The Bertz CT molecular complexity index is 1860. The van der Waals surface area contributed by atoms with Crippen LogP contribution in [0.1, 0.15) is 101 Å². The van der Waals surface area contributed by atoms with Gasteiger partial charge < -0.3 is 83.2 Å². The van der Waals surface area contributed by atoms with Gasteiger partial charge in [0.05, 0.1) is 31.8 Å². The van der Waals surface area contributed by atoms with Crippen molar-refractivity contribution in [2.45, 2.75) is 148 Å². The third-order valence-electron chi connectivity index (χ3n) is 9.47. The lowest BCUT2D eigenvalue weighted by atomic mass is 10.2. The topological polar surface area (TPSA) is 399 Å². The predicted molar refractivity (Wildman–Crippen MR) is 249 cm³/mol. The number of alkyl carbamates (subject to hydrolysis) is 3. The van der Waals surface area contributed by atoms with Gasteiger partial charge >= 0.3 is 24.2 Å². The second kappa shape index (κ2) is 28.2. The summed E-state index contributed by atoms with van der Waals surface area (Å²) in [6.07, 6.45) is 1.13. The molecule has 0 aliphatic carbocycles. The molecule has 0 aromatic rings. The minimum Gasteiger partial charge on any atom is -0.465 e. The Morgan fingerprint density at radius 2 is 0.900 bits per heavy atom. The molecule has 5 rings (SSSR count). The fourth-order valence-electron chi connectivity index (χ4n) is 6.41. The molecule has 398 valence electrons. The Morgan fingerprint density at radius 3 is 1.20 bits per heavy atom. The Hall–Kier alpha value is -6.51. The summed E-state index contributed by atoms with van der Waals surface area (Å²) in [5.74, 6) is -2.43. The van der Waals surface area contributed by atoms with Crippen molar-refractivity contribution in [1.29, 1.82) is 0 Å². The number of nitrogens with zero attached hydrogens (tertiary/aromatic N) is 3. The molecule has 5 fully saturated rings. The number of rotatable bonds is 10. The largest absolute Gasteiger partial charge is 0.465 e. The quantitative estimate of drug-likeness (QED) is 0.0809. The van der Waals surface area contributed by atoms with E-state index in [-0.39, 0.29) is 61.8 Å². The van der Waals surface area contributed by atoms with Gasteiger partial charge in [0.2, 0.25) is 41.4 Å². The summed E-state index contributed by atoms with van der Waals surface area (Å²) in [6, 6.07) is -2.39. The number of carbonyl (C=O) groups excluding carboxylic acids is 11. The van der Waals surface area contributed by atoms with Crippen LogP contribution in [0, 0.1) is 0 Å². The van der Waals surface area contributed by atoms with Gasteiger partial charge in [-0.15, -0.1) is 0 Å².